The van der Waals surface area contributed by atoms with Crippen LogP contribution in [0.4, 0.5) is 0 Å². The first-order valence-electron chi connectivity index (χ1n) is 4.64. The van der Waals surface area contributed by atoms with Gasteiger partial charge in [0.25, 0.3) is 0 Å². The molecular formula is C11H6Br2N2S. The molecule has 0 aliphatic heterocycles. The molecular weight excluding hydrogens is 352 g/mol. The lowest BCUT2D eigenvalue weighted by molar-refractivity contribution is 1.36. The summed E-state index contributed by atoms with van der Waals surface area (Å²) in [4.78, 5) is 8.98. The van der Waals surface area contributed by atoms with E-state index in [0.29, 0.717) is 0 Å². The van der Waals surface area contributed by atoms with Gasteiger partial charge in [-0.3, -0.25) is 0 Å². The van der Waals surface area contributed by atoms with Crippen molar-refractivity contribution in [3.05, 3.63) is 38.6 Å². The van der Waals surface area contributed by atoms with Crippen molar-refractivity contribution in [1.82, 2.24) is 9.97 Å². The average molecular weight is 358 g/mol. The molecule has 1 N–H and O–H groups in total. The number of nitrogens with one attached hydrogen (secondary N) is 1. The number of benzene rings is 1. The van der Waals surface area contributed by atoms with E-state index < -0.39 is 0 Å². The molecule has 0 amide bonds. The zero-order valence-electron chi connectivity index (χ0n) is 8.00. The fraction of sp³-hybridized carbons (Fsp3) is 0. The Balaban J connectivity index is 2.18. The van der Waals surface area contributed by atoms with E-state index >= 15 is 0 Å². The maximum Gasteiger partial charge on any atom is 0.148 e. The maximum atomic E-state index is 4.55. The third-order valence-electron chi connectivity index (χ3n) is 2.27. The molecule has 0 aliphatic carbocycles. The Hall–Kier alpha value is -0.650. The highest BCUT2D eigenvalue weighted by Crippen LogP contribution is 2.37. The predicted octanol–water partition coefficient (Wildman–Crippen LogP) is 4.82. The van der Waals surface area contributed by atoms with Crippen molar-refractivity contribution >= 4 is 54.2 Å². The number of nitrogens with zero attached hydrogens (tertiary/aromatic N) is 1. The lowest BCUT2D eigenvalue weighted by atomic mass is 10.3. The third-order valence-corrected chi connectivity index (χ3v) is 5.53. The lowest BCUT2D eigenvalue weighted by Gasteiger charge is -1.86. The standard InChI is InChI=1S/C11H6Br2N2S/c12-6-5-9(16-10(6)13)11-14-7-3-1-2-4-8(7)15-11/h1-5H,(H,14,15). The van der Waals surface area contributed by atoms with Gasteiger partial charge in [0.15, 0.2) is 0 Å². The minimum Gasteiger partial charge on any atom is -0.337 e. The first-order valence-corrected chi connectivity index (χ1v) is 7.04. The summed E-state index contributed by atoms with van der Waals surface area (Å²) in [6.45, 7) is 0. The number of halogens is 2. The number of aromatic nitrogens is 2. The van der Waals surface area contributed by atoms with Crippen molar-refractivity contribution in [3.63, 3.8) is 0 Å². The van der Waals surface area contributed by atoms with Gasteiger partial charge in [0.05, 0.1) is 19.7 Å². The Morgan fingerprint density at radius 1 is 1.19 bits per heavy atom. The number of rotatable bonds is 1. The van der Waals surface area contributed by atoms with Crippen LogP contribution >= 0.6 is 43.2 Å². The van der Waals surface area contributed by atoms with Crippen LogP contribution in [0.1, 0.15) is 0 Å². The number of imidazole rings is 1. The molecule has 0 spiro atoms. The second kappa shape index (κ2) is 3.98. The maximum absolute atomic E-state index is 4.55. The highest BCUT2D eigenvalue weighted by atomic mass is 79.9. The minimum absolute atomic E-state index is 0.914. The Bertz CT molecular complexity index is 604. The second-order valence-electron chi connectivity index (χ2n) is 3.33. The monoisotopic (exact) mass is 356 g/mol. The number of hydrogen-bond donors (Lipinski definition) is 1. The third kappa shape index (κ3) is 1.73. The Morgan fingerprint density at radius 3 is 2.69 bits per heavy atom. The molecule has 16 heavy (non-hydrogen) atoms. The number of para-hydroxylation sites is 2. The van der Waals surface area contributed by atoms with Gasteiger partial charge in [-0.15, -0.1) is 11.3 Å². The van der Waals surface area contributed by atoms with Gasteiger partial charge in [-0.2, -0.15) is 0 Å². The highest BCUT2D eigenvalue weighted by molar-refractivity contribution is 9.13. The van der Waals surface area contributed by atoms with Crippen molar-refractivity contribution in [2.75, 3.05) is 0 Å². The lowest BCUT2D eigenvalue weighted by Crippen LogP contribution is -1.72. The fourth-order valence-corrected chi connectivity index (χ4v) is 3.51. The molecule has 0 fully saturated rings. The fourth-order valence-electron chi connectivity index (χ4n) is 1.53. The van der Waals surface area contributed by atoms with Crippen LogP contribution in [0.3, 0.4) is 0 Å². The molecule has 2 heterocycles. The number of aromatic amines is 1. The Labute approximate surface area is 113 Å². The molecule has 0 bridgehead atoms. The van der Waals surface area contributed by atoms with Crippen LogP contribution in [0.15, 0.2) is 38.6 Å². The van der Waals surface area contributed by atoms with Gasteiger partial charge in [0, 0.05) is 4.47 Å². The molecule has 2 nitrogen and oxygen atoms in total. The molecule has 0 saturated heterocycles. The number of thiophene rings is 1. The Kier molecular flexibility index (Phi) is 2.61. The molecule has 2 aromatic heterocycles. The molecule has 3 rings (SSSR count). The van der Waals surface area contributed by atoms with Crippen LogP contribution in [-0.4, -0.2) is 9.97 Å². The van der Waals surface area contributed by atoms with E-state index in [1.165, 1.54) is 0 Å². The predicted molar refractivity (Wildman–Crippen MR) is 74.8 cm³/mol. The summed E-state index contributed by atoms with van der Waals surface area (Å²) < 4.78 is 2.15. The van der Waals surface area contributed by atoms with Crippen LogP contribution < -0.4 is 0 Å². The molecule has 5 heteroatoms. The van der Waals surface area contributed by atoms with Gasteiger partial charge >= 0.3 is 0 Å². The topological polar surface area (TPSA) is 28.7 Å². The molecule has 80 valence electrons. The minimum atomic E-state index is 0.914. The molecule has 0 unspecified atom stereocenters. The first-order chi connectivity index (χ1) is 7.74. The van der Waals surface area contributed by atoms with Gasteiger partial charge in [-0.05, 0) is 50.1 Å². The summed E-state index contributed by atoms with van der Waals surface area (Å²) in [5, 5.41) is 0. The number of H-pyrrole nitrogens is 1. The van der Waals surface area contributed by atoms with Crippen LogP contribution in [0.25, 0.3) is 21.7 Å². The summed E-state index contributed by atoms with van der Waals surface area (Å²) >= 11 is 8.62. The normalized spacial score (nSPS) is 11.1. The van der Waals surface area contributed by atoms with Gasteiger partial charge in [0.1, 0.15) is 5.82 Å². The van der Waals surface area contributed by atoms with Gasteiger partial charge < -0.3 is 4.98 Å². The van der Waals surface area contributed by atoms with E-state index in [-0.39, 0.29) is 0 Å². The van der Waals surface area contributed by atoms with Crippen LogP contribution in [0.5, 0.6) is 0 Å². The van der Waals surface area contributed by atoms with Crippen LogP contribution in [-0.2, 0) is 0 Å². The molecule has 0 aliphatic rings. The van der Waals surface area contributed by atoms with E-state index in [4.69, 9.17) is 0 Å². The van der Waals surface area contributed by atoms with Crippen molar-refractivity contribution < 1.29 is 0 Å². The molecule has 0 radical (unpaired) electrons. The van der Waals surface area contributed by atoms with E-state index in [9.17, 15) is 0 Å². The van der Waals surface area contributed by atoms with Gasteiger partial charge in [-0.1, -0.05) is 12.1 Å². The van der Waals surface area contributed by atoms with E-state index in [1.54, 1.807) is 11.3 Å². The van der Waals surface area contributed by atoms with Crippen molar-refractivity contribution in [1.29, 1.82) is 0 Å². The summed E-state index contributed by atoms with van der Waals surface area (Å²) in [6.07, 6.45) is 0. The van der Waals surface area contributed by atoms with Gasteiger partial charge in [0.2, 0.25) is 0 Å². The molecule has 3 aromatic rings. The number of hydrogen-bond acceptors (Lipinski definition) is 2. The first kappa shape index (κ1) is 10.5. The second-order valence-corrected chi connectivity index (χ2v) is 6.56. The largest absolute Gasteiger partial charge is 0.337 e. The molecule has 0 saturated carbocycles. The van der Waals surface area contributed by atoms with Gasteiger partial charge in [-0.25, -0.2) is 4.98 Å². The smallest absolute Gasteiger partial charge is 0.148 e. The zero-order chi connectivity index (χ0) is 11.1. The molecule has 0 atom stereocenters. The van der Waals surface area contributed by atoms with E-state index in [0.717, 1.165) is 30.0 Å². The summed E-state index contributed by atoms with van der Waals surface area (Å²) in [6, 6.07) is 10.1. The summed E-state index contributed by atoms with van der Waals surface area (Å²) in [5.74, 6) is 0.914. The Morgan fingerprint density at radius 2 is 2.00 bits per heavy atom. The molecule has 1 aromatic carbocycles. The highest BCUT2D eigenvalue weighted by Gasteiger charge is 2.10. The average Bonchev–Trinajstić information content (AvgIpc) is 2.83. The summed E-state index contributed by atoms with van der Waals surface area (Å²) in [7, 11) is 0. The van der Waals surface area contributed by atoms with Crippen molar-refractivity contribution in [2.45, 2.75) is 0 Å². The number of fused-ring (bicyclic) bond motifs is 1. The quantitative estimate of drug-likeness (QED) is 0.664. The summed E-state index contributed by atoms with van der Waals surface area (Å²) in [5.41, 5.74) is 2.07. The SMILES string of the molecule is Brc1cc(-c2nc3ccccc3[nH]2)sc1Br. The van der Waals surface area contributed by atoms with E-state index in [2.05, 4.69) is 47.9 Å². The van der Waals surface area contributed by atoms with Crippen LogP contribution in [0.2, 0.25) is 0 Å². The zero-order valence-corrected chi connectivity index (χ0v) is 12.0. The van der Waals surface area contributed by atoms with Crippen molar-refractivity contribution in [3.8, 4) is 10.7 Å². The van der Waals surface area contributed by atoms with Crippen LogP contribution in [0, 0.1) is 0 Å². The van der Waals surface area contributed by atoms with Crippen molar-refractivity contribution in [2.24, 2.45) is 0 Å². The van der Waals surface area contributed by atoms with E-state index in [1.807, 2.05) is 24.3 Å².